The Hall–Kier alpha value is -3.39. The first-order chi connectivity index (χ1) is 15.0. The van der Waals surface area contributed by atoms with E-state index in [4.69, 9.17) is 0 Å². The van der Waals surface area contributed by atoms with Crippen LogP contribution in [0.5, 0.6) is 0 Å². The fourth-order valence-electron chi connectivity index (χ4n) is 3.49. The third-order valence-electron chi connectivity index (χ3n) is 5.10. The van der Waals surface area contributed by atoms with Crippen molar-refractivity contribution < 1.29 is 14.3 Å². The van der Waals surface area contributed by atoms with Crippen LogP contribution in [0.3, 0.4) is 0 Å². The predicted molar refractivity (Wildman–Crippen MR) is 119 cm³/mol. The van der Waals surface area contributed by atoms with Gasteiger partial charge in [-0.25, -0.2) is 14.2 Å². The first kappa shape index (κ1) is 20.9. The fraction of sp³-hybridized carbons (Fsp3) is 0.174. The molecule has 4 rings (SSSR count). The summed E-state index contributed by atoms with van der Waals surface area (Å²) in [7, 11) is 0. The highest BCUT2D eigenvalue weighted by molar-refractivity contribution is 8.04. The lowest BCUT2D eigenvalue weighted by Gasteiger charge is -2.09. The molecule has 2 N–H and O–H groups in total. The number of hydrogen-bond acceptors (Lipinski definition) is 4. The Balaban J connectivity index is 1.80. The standard InChI is InChI=1S/C23H21FN4O2S/c1-3-21-25-23(27-26-21)31-20(22(29)30)12-17-14(2)28(19-11-7-5-9-16(17)19)13-15-8-4-6-10-18(15)24/h4-12H,3,13H2,1-2H3,(H,29,30)(H,25,26,27)/b20-12-. The smallest absolute Gasteiger partial charge is 0.342 e. The van der Waals surface area contributed by atoms with Crippen LogP contribution in [-0.4, -0.2) is 30.8 Å². The Kier molecular flexibility index (Phi) is 5.90. The van der Waals surface area contributed by atoms with Crippen molar-refractivity contribution in [1.82, 2.24) is 19.7 Å². The van der Waals surface area contributed by atoms with E-state index in [1.54, 1.807) is 24.3 Å². The summed E-state index contributed by atoms with van der Waals surface area (Å²) in [5, 5.41) is 17.9. The molecule has 0 fully saturated rings. The molecule has 31 heavy (non-hydrogen) atoms. The van der Waals surface area contributed by atoms with E-state index in [0.29, 0.717) is 29.5 Å². The van der Waals surface area contributed by atoms with E-state index in [9.17, 15) is 14.3 Å². The molecule has 0 unspecified atom stereocenters. The minimum atomic E-state index is -1.06. The Labute approximate surface area is 182 Å². The van der Waals surface area contributed by atoms with E-state index in [0.717, 1.165) is 33.9 Å². The Bertz CT molecular complexity index is 1290. The van der Waals surface area contributed by atoms with Crippen molar-refractivity contribution >= 4 is 34.7 Å². The van der Waals surface area contributed by atoms with Crippen LogP contribution in [0.4, 0.5) is 4.39 Å². The van der Waals surface area contributed by atoms with E-state index < -0.39 is 5.97 Å². The summed E-state index contributed by atoms with van der Waals surface area (Å²) >= 11 is 1.000. The quantitative estimate of drug-likeness (QED) is 0.313. The molecule has 0 amide bonds. The number of nitrogens with one attached hydrogen (secondary N) is 1. The van der Waals surface area contributed by atoms with Gasteiger partial charge in [-0.1, -0.05) is 43.3 Å². The highest BCUT2D eigenvalue weighted by atomic mass is 32.2. The molecule has 0 saturated carbocycles. The number of aryl methyl sites for hydroxylation is 1. The third-order valence-corrected chi connectivity index (χ3v) is 5.98. The van der Waals surface area contributed by atoms with Gasteiger partial charge in [0.1, 0.15) is 16.5 Å². The molecule has 0 saturated heterocycles. The number of H-pyrrole nitrogens is 1. The van der Waals surface area contributed by atoms with Crippen LogP contribution in [0.25, 0.3) is 17.0 Å². The van der Waals surface area contributed by atoms with Gasteiger partial charge in [0.15, 0.2) is 0 Å². The van der Waals surface area contributed by atoms with Gasteiger partial charge in [-0.2, -0.15) is 0 Å². The number of fused-ring (bicyclic) bond motifs is 1. The molecule has 0 bridgehead atoms. The maximum Gasteiger partial charge on any atom is 0.342 e. The SMILES string of the molecule is CCc1nc(S/C(=C\c2c(C)n(Cc3ccccc3F)c3ccccc23)C(=O)O)n[nH]1. The predicted octanol–water partition coefficient (Wildman–Crippen LogP) is 5.04. The molecule has 6 nitrogen and oxygen atoms in total. The van der Waals surface area contributed by atoms with Crippen molar-refractivity contribution in [2.24, 2.45) is 0 Å². The van der Waals surface area contributed by atoms with Crippen LogP contribution in [0.1, 0.15) is 29.6 Å². The number of nitrogens with zero attached hydrogens (tertiary/aromatic N) is 3. The van der Waals surface area contributed by atoms with Gasteiger partial charge in [-0.05, 0) is 36.9 Å². The number of rotatable bonds is 7. The average molecular weight is 437 g/mol. The average Bonchev–Trinajstić information content (AvgIpc) is 3.32. The number of aromatic amines is 1. The van der Waals surface area contributed by atoms with Crippen LogP contribution in [0, 0.1) is 12.7 Å². The van der Waals surface area contributed by atoms with E-state index in [1.165, 1.54) is 6.07 Å². The zero-order valence-corrected chi connectivity index (χ0v) is 17.9. The summed E-state index contributed by atoms with van der Waals surface area (Å²) in [6.45, 7) is 4.21. The lowest BCUT2D eigenvalue weighted by Crippen LogP contribution is -2.04. The van der Waals surface area contributed by atoms with Crippen molar-refractivity contribution in [2.75, 3.05) is 0 Å². The molecular formula is C23H21FN4O2S. The highest BCUT2D eigenvalue weighted by Crippen LogP contribution is 2.32. The number of para-hydroxylation sites is 1. The molecule has 0 aliphatic carbocycles. The second-order valence-corrected chi connectivity index (χ2v) is 8.04. The van der Waals surface area contributed by atoms with Crippen LogP contribution in [0.15, 0.2) is 58.6 Å². The second-order valence-electron chi connectivity index (χ2n) is 7.03. The molecule has 2 heterocycles. The van der Waals surface area contributed by atoms with E-state index in [2.05, 4.69) is 15.2 Å². The molecule has 0 aliphatic rings. The molecule has 158 valence electrons. The number of aliphatic carboxylic acids is 1. The van der Waals surface area contributed by atoms with Crippen molar-refractivity contribution in [3.63, 3.8) is 0 Å². The number of carbonyl (C=O) groups is 1. The summed E-state index contributed by atoms with van der Waals surface area (Å²) in [6.07, 6.45) is 2.33. The fourth-order valence-corrected chi connectivity index (χ4v) is 4.19. The number of thioether (sulfide) groups is 1. The van der Waals surface area contributed by atoms with Gasteiger partial charge in [0.25, 0.3) is 0 Å². The number of halogens is 1. The van der Waals surface area contributed by atoms with E-state index in [-0.39, 0.29) is 10.7 Å². The number of benzene rings is 2. The number of hydrogen-bond donors (Lipinski definition) is 2. The van der Waals surface area contributed by atoms with Crippen LogP contribution >= 0.6 is 11.8 Å². The summed E-state index contributed by atoms with van der Waals surface area (Å²) in [4.78, 5) is 16.4. The molecule has 0 radical (unpaired) electrons. The first-order valence-corrected chi connectivity index (χ1v) is 10.6. The van der Waals surface area contributed by atoms with Gasteiger partial charge in [0.2, 0.25) is 5.16 Å². The number of aromatic nitrogens is 4. The zero-order chi connectivity index (χ0) is 22.0. The first-order valence-electron chi connectivity index (χ1n) is 9.83. The maximum absolute atomic E-state index is 14.3. The van der Waals surface area contributed by atoms with Gasteiger partial charge < -0.3 is 9.67 Å². The van der Waals surface area contributed by atoms with Crippen molar-refractivity contribution in [1.29, 1.82) is 0 Å². The van der Waals surface area contributed by atoms with E-state index >= 15 is 0 Å². The number of carboxylic acid groups (broad SMARTS) is 1. The molecule has 0 atom stereocenters. The van der Waals surface area contributed by atoms with Gasteiger partial charge in [0, 0.05) is 34.1 Å². The Morgan fingerprint density at radius 3 is 2.68 bits per heavy atom. The van der Waals surface area contributed by atoms with Crippen LogP contribution in [0.2, 0.25) is 0 Å². The van der Waals surface area contributed by atoms with Crippen molar-refractivity contribution in [2.45, 2.75) is 32.0 Å². The highest BCUT2D eigenvalue weighted by Gasteiger charge is 2.18. The molecule has 0 spiro atoms. The Morgan fingerprint density at radius 2 is 1.97 bits per heavy atom. The molecule has 4 aromatic rings. The maximum atomic E-state index is 14.3. The zero-order valence-electron chi connectivity index (χ0n) is 17.1. The minimum Gasteiger partial charge on any atom is -0.477 e. The Morgan fingerprint density at radius 1 is 1.23 bits per heavy atom. The number of carboxylic acids is 1. The monoisotopic (exact) mass is 436 g/mol. The summed E-state index contributed by atoms with van der Waals surface area (Å²) in [6, 6.07) is 14.4. The lowest BCUT2D eigenvalue weighted by molar-refractivity contribution is -0.131. The second kappa shape index (κ2) is 8.77. The summed E-state index contributed by atoms with van der Waals surface area (Å²) in [5.41, 5.74) is 3.12. The van der Waals surface area contributed by atoms with Gasteiger partial charge in [-0.3, -0.25) is 5.10 Å². The molecular weight excluding hydrogens is 415 g/mol. The van der Waals surface area contributed by atoms with Gasteiger partial charge >= 0.3 is 5.97 Å². The molecule has 2 aromatic carbocycles. The van der Waals surface area contributed by atoms with Crippen molar-refractivity contribution in [3.05, 3.63) is 81.9 Å². The normalized spacial score (nSPS) is 11.9. The van der Waals surface area contributed by atoms with E-state index in [1.807, 2.05) is 42.7 Å². The van der Waals surface area contributed by atoms with Crippen LogP contribution in [-0.2, 0) is 17.8 Å². The summed E-state index contributed by atoms with van der Waals surface area (Å²) in [5.74, 6) is -0.627. The third kappa shape index (κ3) is 4.25. The molecule has 2 aromatic heterocycles. The minimum absolute atomic E-state index is 0.110. The molecule has 0 aliphatic heterocycles. The molecule has 8 heteroatoms. The van der Waals surface area contributed by atoms with Gasteiger partial charge in [-0.15, -0.1) is 5.10 Å². The van der Waals surface area contributed by atoms with Crippen molar-refractivity contribution in [3.8, 4) is 0 Å². The van der Waals surface area contributed by atoms with Crippen LogP contribution < -0.4 is 0 Å². The largest absolute Gasteiger partial charge is 0.477 e. The lowest BCUT2D eigenvalue weighted by atomic mass is 10.1. The topological polar surface area (TPSA) is 83.8 Å². The summed E-state index contributed by atoms with van der Waals surface area (Å²) < 4.78 is 16.3. The van der Waals surface area contributed by atoms with Gasteiger partial charge in [0.05, 0.1) is 6.54 Å².